The molecule has 0 saturated heterocycles. The number of rotatable bonds is 4. The first-order valence-corrected chi connectivity index (χ1v) is 8.19. The Balaban J connectivity index is 2.15. The van der Waals surface area contributed by atoms with E-state index in [0.29, 0.717) is 39.2 Å². The summed E-state index contributed by atoms with van der Waals surface area (Å²) in [5.41, 5.74) is 5.87. The molecule has 1 aromatic carbocycles. The third-order valence-electron chi connectivity index (χ3n) is 4.17. The van der Waals surface area contributed by atoms with Gasteiger partial charge in [0.05, 0.1) is 15.1 Å². The van der Waals surface area contributed by atoms with Crippen LogP contribution in [0.2, 0.25) is 15.1 Å². The first kappa shape index (κ1) is 16.2. The average molecular weight is 337 g/mol. The summed E-state index contributed by atoms with van der Waals surface area (Å²) in [4.78, 5) is 0. The van der Waals surface area contributed by atoms with E-state index in [-0.39, 0.29) is 6.10 Å². The normalized spacial score (nSPS) is 26.6. The van der Waals surface area contributed by atoms with E-state index in [1.807, 2.05) is 0 Å². The number of benzene rings is 1. The highest BCUT2D eigenvalue weighted by molar-refractivity contribution is 6.43. The van der Waals surface area contributed by atoms with Crippen LogP contribution < -0.4 is 10.5 Å². The van der Waals surface area contributed by atoms with E-state index in [2.05, 4.69) is 6.92 Å². The Labute approximate surface area is 135 Å². The summed E-state index contributed by atoms with van der Waals surface area (Å²) in [5, 5.41) is 1.39. The van der Waals surface area contributed by atoms with Crippen LogP contribution >= 0.6 is 34.8 Å². The van der Waals surface area contributed by atoms with E-state index in [1.165, 1.54) is 12.8 Å². The van der Waals surface area contributed by atoms with Crippen molar-refractivity contribution in [2.24, 2.45) is 17.6 Å². The molecule has 2 rings (SSSR count). The summed E-state index contributed by atoms with van der Waals surface area (Å²) in [6.07, 6.45) is 4.64. The van der Waals surface area contributed by atoms with Crippen molar-refractivity contribution in [3.05, 3.63) is 27.2 Å². The summed E-state index contributed by atoms with van der Waals surface area (Å²) < 4.78 is 6.10. The molecule has 3 atom stereocenters. The number of halogens is 3. The standard InChI is InChI=1S/C15H20Cl3NO/c1-2-9-3-4-10(8-19)14(5-9)20-15-7-12(17)11(16)6-13(15)18/h6-7,9-10,14H,2-5,8,19H2,1H3. The second-order valence-corrected chi connectivity index (χ2v) is 6.66. The summed E-state index contributed by atoms with van der Waals surface area (Å²) in [6, 6.07) is 3.31. The van der Waals surface area contributed by atoms with Crippen LogP contribution in [0.4, 0.5) is 0 Å². The predicted molar refractivity (Wildman–Crippen MR) is 86.1 cm³/mol. The Kier molecular flexibility index (Phi) is 5.85. The van der Waals surface area contributed by atoms with E-state index < -0.39 is 0 Å². The minimum Gasteiger partial charge on any atom is -0.488 e. The Morgan fingerprint density at radius 2 is 1.85 bits per heavy atom. The van der Waals surface area contributed by atoms with E-state index >= 15 is 0 Å². The van der Waals surface area contributed by atoms with Crippen LogP contribution in [0.25, 0.3) is 0 Å². The summed E-state index contributed by atoms with van der Waals surface area (Å²) in [5.74, 6) is 1.67. The summed E-state index contributed by atoms with van der Waals surface area (Å²) >= 11 is 18.2. The zero-order valence-corrected chi connectivity index (χ0v) is 13.8. The van der Waals surface area contributed by atoms with Gasteiger partial charge in [-0.3, -0.25) is 0 Å². The maximum atomic E-state index is 6.18. The van der Waals surface area contributed by atoms with Crippen LogP contribution in [0.1, 0.15) is 32.6 Å². The molecular formula is C15H20Cl3NO. The molecule has 0 radical (unpaired) electrons. The van der Waals surface area contributed by atoms with Crippen molar-refractivity contribution in [3.8, 4) is 5.75 Å². The zero-order valence-electron chi connectivity index (χ0n) is 11.5. The molecule has 0 bridgehead atoms. The van der Waals surface area contributed by atoms with Gasteiger partial charge >= 0.3 is 0 Å². The van der Waals surface area contributed by atoms with Crippen LogP contribution in [-0.2, 0) is 0 Å². The van der Waals surface area contributed by atoms with Crippen LogP contribution in [0.5, 0.6) is 5.75 Å². The molecule has 2 nitrogen and oxygen atoms in total. The Bertz CT molecular complexity index is 467. The van der Waals surface area contributed by atoms with Crippen molar-refractivity contribution >= 4 is 34.8 Å². The van der Waals surface area contributed by atoms with Gasteiger partial charge in [-0.15, -0.1) is 0 Å². The van der Waals surface area contributed by atoms with Crippen molar-refractivity contribution < 1.29 is 4.74 Å². The molecule has 0 heterocycles. The lowest BCUT2D eigenvalue weighted by atomic mass is 9.78. The highest BCUT2D eigenvalue weighted by Gasteiger charge is 2.31. The SMILES string of the molecule is CCC1CCC(CN)C(Oc2cc(Cl)c(Cl)cc2Cl)C1. The molecule has 1 aliphatic rings. The lowest BCUT2D eigenvalue weighted by molar-refractivity contribution is 0.0685. The molecule has 1 saturated carbocycles. The average Bonchev–Trinajstić information content (AvgIpc) is 2.44. The number of ether oxygens (including phenoxy) is 1. The highest BCUT2D eigenvalue weighted by atomic mass is 35.5. The number of hydrogen-bond donors (Lipinski definition) is 1. The molecule has 0 spiro atoms. The third kappa shape index (κ3) is 3.73. The number of nitrogens with two attached hydrogens (primary N) is 1. The van der Waals surface area contributed by atoms with Crippen molar-refractivity contribution in [1.29, 1.82) is 0 Å². The first-order chi connectivity index (χ1) is 9.55. The van der Waals surface area contributed by atoms with Crippen LogP contribution in [-0.4, -0.2) is 12.6 Å². The lowest BCUT2D eigenvalue weighted by Gasteiger charge is -2.35. The molecular weight excluding hydrogens is 317 g/mol. The fourth-order valence-corrected chi connectivity index (χ4v) is 3.40. The van der Waals surface area contributed by atoms with E-state index in [4.69, 9.17) is 45.3 Å². The molecule has 5 heteroatoms. The van der Waals surface area contributed by atoms with Gasteiger partial charge in [0, 0.05) is 12.0 Å². The molecule has 0 aromatic heterocycles. The minimum atomic E-state index is 0.105. The monoisotopic (exact) mass is 335 g/mol. The van der Waals surface area contributed by atoms with Gasteiger partial charge in [0.2, 0.25) is 0 Å². The first-order valence-electron chi connectivity index (χ1n) is 7.06. The maximum absolute atomic E-state index is 6.18. The lowest BCUT2D eigenvalue weighted by Crippen LogP contribution is -2.38. The smallest absolute Gasteiger partial charge is 0.139 e. The van der Waals surface area contributed by atoms with Gasteiger partial charge in [0.15, 0.2) is 0 Å². The van der Waals surface area contributed by atoms with Crippen molar-refractivity contribution in [2.75, 3.05) is 6.54 Å². The van der Waals surface area contributed by atoms with Crippen LogP contribution in [0.3, 0.4) is 0 Å². The van der Waals surface area contributed by atoms with Gasteiger partial charge in [-0.1, -0.05) is 48.1 Å². The van der Waals surface area contributed by atoms with Gasteiger partial charge in [-0.25, -0.2) is 0 Å². The molecule has 3 unspecified atom stereocenters. The largest absolute Gasteiger partial charge is 0.488 e. The van der Waals surface area contributed by atoms with Crippen LogP contribution in [0.15, 0.2) is 12.1 Å². The zero-order chi connectivity index (χ0) is 14.7. The molecule has 1 aliphatic carbocycles. The number of hydrogen-bond acceptors (Lipinski definition) is 2. The Hall–Kier alpha value is -0.150. The fraction of sp³-hybridized carbons (Fsp3) is 0.600. The van der Waals surface area contributed by atoms with Gasteiger partial charge in [0.25, 0.3) is 0 Å². The van der Waals surface area contributed by atoms with E-state index in [1.54, 1.807) is 12.1 Å². The van der Waals surface area contributed by atoms with Crippen molar-refractivity contribution in [3.63, 3.8) is 0 Å². The van der Waals surface area contributed by atoms with Gasteiger partial charge < -0.3 is 10.5 Å². The van der Waals surface area contributed by atoms with E-state index in [9.17, 15) is 0 Å². The minimum absolute atomic E-state index is 0.105. The Morgan fingerprint density at radius 1 is 1.15 bits per heavy atom. The van der Waals surface area contributed by atoms with Crippen molar-refractivity contribution in [2.45, 2.75) is 38.7 Å². The summed E-state index contributed by atoms with van der Waals surface area (Å²) in [7, 11) is 0. The molecule has 1 aromatic rings. The quantitative estimate of drug-likeness (QED) is 0.769. The second kappa shape index (κ2) is 7.22. The van der Waals surface area contributed by atoms with Crippen LogP contribution in [0, 0.1) is 11.8 Å². The fourth-order valence-electron chi connectivity index (χ4n) is 2.82. The topological polar surface area (TPSA) is 35.2 Å². The highest BCUT2D eigenvalue weighted by Crippen LogP contribution is 2.38. The maximum Gasteiger partial charge on any atom is 0.139 e. The molecule has 1 fully saturated rings. The molecule has 112 valence electrons. The van der Waals surface area contributed by atoms with Crippen molar-refractivity contribution in [1.82, 2.24) is 0 Å². The second-order valence-electron chi connectivity index (χ2n) is 5.44. The molecule has 2 N–H and O–H groups in total. The van der Waals surface area contributed by atoms with Gasteiger partial charge in [0.1, 0.15) is 11.9 Å². The molecule has 0 amide bonds. The van der Waals surface area contributed by atoms with E-state index in [0.717, 1.165) is 12.8 Å². The molecule has 20 heavy (non-hydrogen) atoms. The summed E-state index contributed by atoms with van der Waals surface area (Å²) in [6.45, 7) is 2.86. The Morgan fingerprint density at radius 3 is 2.50 bits per heavy atom. The molecule has 0 aliphatic heterocycles. The predicted octanol–water partition coefficient (Wildman–Crippen LogP) is 5.18. The van der Waals surface area contributed by atoms with Gasteiger partial charge in [-0.2, -0.15) is 0 Å². The third-order valence-corrected chi connectivity index (χ3v) is 5.19. The van der Waals surface area contributed by atoms with Gasteiger partial charge in [-0.05, 0) is 37.8 Å².